The molecular formula is C12H15N7S2. The fraction of sp³-hybridized carbons (Fsp3) is 0.333. The molecule has 0 fully saturated rings. The first-order chi connectivity index (χ1) is 10.1. The molecule has 3 aromatic rings. The number of aromatic nitrogens is 5. The van der Waals surface area contributed by atoms with Crippen molar-refractivity contribution in [3.05, 3.63) is 23.2 Å². The minimum atomic E-state index is -0.00263. The van der Waals surface area contributed by atoms with Crippen LogP contribution in [0.25, 0.3) is 10.6 Å². The molecule has 0 saturated heterocycles. The molecule has 7 nitrogen and oxygen atoms in total. The maximum atomic E-state index is 6.00. The number of hydrogen-bond donors (Lipinski definition) is 2. The van der Waals surface area contributed by atoms with Gasteiger partial charge in [0.15, 0.2) is 5.82 Å². The van der Waals surface area contributed by atoms with Crippen LogP contribution < -0.4 is 11.1 Å². The van der Waals surface area contributed by atoms with Crippen molar-refractivity contribution in [1.82, 2.24) is 24.1 Å². The Balaban J connectivity index is 1.92. The van der Waals surface area contributed by atoms with Gasteiger partial charge in [-0.2, -0.15) is 4.37 Å². The number of rotatable bonds is 4. The van der Waals surface area contributed by atoms with Crippen LogP contribution in [0.2, 0.25) is 0 Å². The smallest absolute Gasteiger partial charge is 0.154 e. The van der Waals surface area contributed by atoms with Crippen molar-refractivity contribution < 1.29 is 0 Å². The van der Waals surface area contributed by atoms with Gasteiger partial charge in [-0.3, -0.25) is 0 Å². The summed E-state index contributed by atoms with van der Waals surface area (Å²) in [4.78, 5) is 4.49. The number of thiazole rings is 1. The minimum Gasteiger partial charge on any atom is -0.382 e. The van der Waals surface area contributed by atoms with Crippen LogP contribution in [0.5, 0.6) is 0 Å². The number of nitrogens with two attached hydrogens (primary N) is 1. The van der Waals surface area contributed by atoms with Crippen molar-refractivity contribution in [1.29, 1.82) is 0 Å². The van der Waals surface area contributed by atoms with E-state index in [-0.39, 0.29) is 6.04 Å². The Morgan fingerprint density at radius 3 is 2.86 bits per heavy atom. The van der Waals surface area contributed by atoms with Crippen molar-refractivity contribution in [3.8, 4) is 10.6 Å². The lowest BCUT2D eigenvalue weighted by Gasteiger charge is -2.13. The third-order valence-corrected chi connectivity index (χ3v) is 4.80. The minimum absolute atomic E-state index is 0.00263. The fourth-order valence-corrected chi connectivity index (χ4v) is 3.75. The lowest BCUT2D eigenvalue weighted by molar-refractivity contribution is 0.721. The molecule has 0 amide bonds. The van der Waals surface area contributed by atoms with E-state index in [1.807, 2.05) is 30.8 Å². The SMILES string of the molecule is Cc1csc(-c2c(N)nsc2NC(C)c2nncn2C)n1. The average Bonchev–Trinajstić information content (AvgIpc) is 3.11. The van der Waals surface area contributed by atoms with Crippen LogP contribution in [-0.4, -0.2) is 24.1 Å². The van der Waals surface area contributed by atoms with Gasteiger partial charge in [-0.25, -0.2) is 4.98 Å². The molecule has 0 aliphatic heterocycles. The predicted molar refractivity (Wildman–Crippen MR) is 85.4 cm³/mol. The standard InChI is InChI=1S/C12H15N7S2/c1-6-4-20-11(15-6)8-9(13)18-21-12(8)16-7(2)10-17-14-5-19(10)3/h4-5,7,16H,1-3H3,(H2,13,18). The highest BCUT2D eigenvalue weighted by atomic mass is 32.1. The van der Waals surface area contributed by atoms with Crippen molar-refractivity contribution in [2.24, 2.45) is 7.05 Å². The van der Waals surface area contributed by atoms with E-state index in [9.17, 15) is 0 Å². The highest BCUT2D eigenvalue weighted by molar-refractivity contribution is 7.15. The van der Waals surface area contributed by atoms with Gasteiger partial charge in [-0.05, 0) is 25.4 Å². The summed E-state index contributed by atoms with van der Waals surface area (Å²) in [6, 6.07) is -0.00263. The predicted octanol–water partition coefficient (Wildman–Crippen LogP) is 2.46. The van der Waals surface area contributed by atoms with Crippen molar-refractivity contribution in [3.63, 3.8) is 0 Å². The lowest BCUT2D eigenvalue weighted by Crippen LogP contribution is -2.11. The van der Waals surface area contributed by atoms with Crippen LogP contribution in [0.1, 0.15) is 24.5 Å². The monoisotopic (exact) mass is 321 g/mol. The maximum Gasteiger partial charge on any atom is 0.154 e. The van der Waals surface area contributed by atoms with Gasteiger partial charge in [-0.1, -0.05) is 0 Å². The van der Waals surface area contributed by atoms with Gasteiger partial charge in [0.25, 0.3) is 0 Å². The van der Waals surface area contributed by atoms with Gasteiger partial charge >= 0.3 is 0 Å². The summed E-state index contributed by atoms with van der Waals surface area (Å²) in [6.07, 6.45) is 1.68. The number of nitrogen functional groups attached to an aromatic ring is 1. The number of aryl methyl sites for hydroxylation is 2. The lowest BCUT2D eigenvalue weighted by atomic mass is 10.2. The third-order valence-electron chi connectivity index (χ3n) is 3.03. The van der Waals surface area contributed by atoms with Gasteiger partial charge < -0.3 is 15.6 Å². The Kier molecular flexibility index (Phi) is 3.60. The van der Waals surface area contributed by atoms with Crippen molar-refractivity contribution in [2.45, 2.75) is 19.9 Å². The second-order valence-corrected chi connectivity index (χ2v) is 6.36. The summed E-state index contributed by atoms with van der Waals surface area (Å²) < 4.78 is 6.12. The Morgan fingerprint density at radius 2 is 2.24 bits per heavy atom. The van der Waals surface area contributed by atoms with Gasteiger partial charge in [-0.15, -0.1) is 21.5 Å². The first kappa shape index (κ1) is 14.0. The van der Waals surface area contributed by atoms with Crippen LogP contribution in [-0.2, 0) is 7.05 Å². The number of nitrogens with one attached hydrogen (secondary N) is 1. The summed E-state index contributed by atoms with van der Waals surface area (Å²) >= 11 is 2.90. The van der Waals surface area contributed by atoms with Gasteiger partial charge in [0.1, 0.15) is 22.2 Å². The first-order valence-electron chi connectivity index (χ1n) is 6.34. The second kappa shape index (κ2) is 5.41. The number of hydrogen-bond acceptors (Lipinski definition) is 8. The van der Waals surface area contributed by atoms with E-state index < -0.39 is 0 Å². The van der Waals surface area contributed by atoms with E-state index in [0.717, 1.165) is 27.1 Å². The molecular weight excluding hydrogens is 306 g/mol. The van der Waals surface area contributed by atoms with Gasteiger partial charge in [0.05, 0.1) is 11.6 Å². The molecule has 3 heterocycles. The van der Waals surface area contributed by atoms with Crippen LogP contribution in [0, 0.1) is 6.92 Å². The zero-order chi connectivity index (χ0) is 15.0. The molecule has 1 atom stereocenters. The highest BCUT2D eigenvalue weighted by Crippen LogP contribution is 2.39. The van der Waals surface area contributed by atoms with Gasteiger partial charge in [0, 0.05) is 18.1 Å². The molecule has 1 unspecified atom stereocenters. The van der Waals surface area contributed by atoms with E-state index in [4.69, 9.17) is 5.73 Å². The average molecular weight is 321 g/mol. The first-order valence-corrected chi connectivity index (χ1v) is 7.99. The topological polar surface area (TPSA) is 94.5 Å². The summed E-state index contributed by atoms with van der Waals surface area (Å²) in [5, 5.41) is 15.2. The Hall–Kier alpha value is -2.00. The summed E-state index contributed by atoms with van der Waals surface area (Å²) in [6.45, 7) is 3.99. The van der Waals surface area contributed by atoms with E-state index in [1.165, 1.54) is 11.5 Å². The van der Waals surface area contributed by atoms with Crippen molar-refractivity contribution >= 4 is 33.7 Å². The molecule has 21 heavy (non-hydrogen) atoms. The van der Waals surface area contributed by atoms with E-state index >= 15 is 0 Å². The molecule has 0 radical (unpaired) electrons. The van der Waals surface area contributed by atoms with Crippen LogP contribution in [0.4, 0.5) is 10.8 Å². The molecule has 3 rings (SSSR count). The summed E-state index contributed by atoms with van der Waals surface area (Å²) in [5.74, 6) is 1.35. The van der Waals surface area contributed by atoms with Crippen LogP contribution >= 0.6 is 22.9 Å². The van der Waals surface area contributed by atoms with Crippen molar-refractivity contribution in [2.75, 3.05) is 11.1 Å². The number of anilines is 2. The summed E-state index contributed by atoms with van der Waals surface area (Å²) in [5.41, 5.74) is 7.85. The maximum absolute atomic E-state index is 6.00. The highest BCUT2D eigenvalue weighted by Gasteiger charge is 2.20. The largest absolute Gasteiger partial charge is 0.382 e. The molecule has 3 N–H and O–H groups in total. The molecule has 0 aromatic carbocycles. The second-order valence-electron chi connectivity index (χ2n) is 4.73. The molecule has 0 aliphatic rings. The van der Waals surface area contributed by atoms with Crippen LogP contribution in [0.3, 0.4) is 0 Å². The van der Waals surface area contributed by atoms with E-state index in [0.29, 0.717) is 5.82 Å². The van der Waals surface area contributed by atoms with Crippen LogP contribution in [0.15, 0.2) is 11.7 Å². The third kappa shape index (κ3) is 2.61. The fourth-order valence-electron chi connectivity index (χ4n) is 2.02. The zero-order valence-electron chi connectivity index (χ0n) is 11.9. The Labute approximate surface area is 130 Å². The van der Waals surface area contributed by atoms with E-state index in [1.54, 1.807) is 17.7 Å². The molecule has 9 heteroatoms. The summed E-state index contributed by atoms with van der Waals surface area (Å²) in [7, 11) is 1.92. The van der Waals surface area contributed by atoms with E-state index in [2.05, 4.69) is 24.9 Å². The molecule has 0 bridgehead atoms. The molecule has 0 spiro atoms. The number of nitrogens with zero attached hydrogens (tertiary/aromatic N) is 5. The molecule has 110 valence electrons. The molecule has 3 aromatic heterocycles. The zero-order valence-corrected chi connectivity index (χ0v) is 13.5. The molecule has 0 saturated carbocycles. The van der Waals surface area contributed by atoms with Gasteiger partial charge in [0.2, 0.25) is 0 Å². The Morgan fingerprint density at radius 1 is 1.43 bits per heavy atom. The Bertz CT molecular complexity index is 757. The molecule has 0 aliphatic carbocycles. The normalized spacial score (nSPS) is 12.5. The quantitative estimate of drug-likeness (QED) is 0.766.